The molecule has 2 rings (SSSR count). The molecule has 1 fully saturated rings. The van der Waals surface area contributed by atoms with Crippen molar-refractivity contribution in [3.8, 4) is 6.01 Å². The first-order valence-electron chi connectivity index (χ1n) is 6.04. The number of nitrogens with zero attached hydrogens (tertiary/aromatic N) is 2. The summed E-state index contributed by atoms with van der Waals surface area (Å²) in [4.78, 5) is 7.95. The zero-order valence-corrected chi connectivity index (χ0v) is 12.1. The molecule has 8 heteroatoms. The molecule has 1 aromatic heterocycles. The van der Waals surface area contributed by atoms with Gasteiger partial charge in [-0.2, -0.15) is 0 Å². The Balaban J connectivity index is 1.82. The summed E-state index contributed by atoms with van der Waals surface area (Å²) < 4.78 is 30.5. The van der Waals surface area contributed by atoms with Crippen molar-refractivity contribution in [2.24, 2.45) is 0 Å². The number of sulfonamides is 1. The Labute approximate surface area is 117 Å². The maximum Gasteiger partial charge on any atom is 0.316 e. The standard InChI is InChI=1S/C11H16ClN3O3S/c1-19(16,17)15-9-2-4-10(5-3-9)18-11-13-6-8(12)7-14-11/h6-7,9-10,15H,2-5H2,1H3. The van der Waals surface area contributed by atoms with Crippen LogP contribution >= 0.6 is 11.6 Å². The number of aromatic nitrogens is 2. The van der Waals surface area contributed by atoms with E-state index in [1.807, 2.05) is 0 Å². The summed E-state index contributed by atoms with van der Waals surface area (Å²) in [5, 5.41) is 0.466. The quantitative estimate of drug-likeness (QED) is 0.908. The Hall–Kier alpha value is -0.920. The van der Waals surface area contributed by atoms with E-state index >= 15 is 0 Å². The molecule has 0 spiro atoms. The van der Waals surface area contributed by atoms with E-state index in [2.05, 4.69) is 14.7 Å². The van der Waals surface area contributed by atoms with Crippen LogP contribution < -0.4 is 9.46 Å². The molecule has 1 N–H and O–H groups in total. The second-order valence-electron chi connectivity index (χ2n) is 4.67. The van der Waals surface area contributed by atoms with E-state index in [0.717, 1.165) is 25.7 Å². The molecule has 1 aliphatic carbocycles. The largest absolute Gasteiger partial charge is 0.460 e. The van der Waals surface area contributed by atoms with Crippen LogP contribution in [0.4, 0.5) is 0 Å². The summed E-state index contributed by atoms with van der Waals surface area (Å²) in [6, 6.07) is 0.310. The lowest BCUT2D eigenvalue weighted by Crippen LogP contribution is -2.39. The first kappa shape index (κ1) is 14.5. The van der Waals surface area contributed by atoms with Gasteiger partial charge in [0.25, 0.3) is 0 Å². The third kappa shape index (κ3) is 4.93. The van der Waals surface area contributed by atoms with E-state index in [-0.39, 0.29) is 12.1 Å². The smallest absolute Gasteiger partial charge is 0.316 e. The van der Waals surface area contributed by atoms with Crippen molar-refractivity contribution in [1.29, 1.82) is 0 Å². The lowest BCUT2D eigenvalue weighted by molar-refractivity contribution is 0.132. The van der Waals surface area contributed by atoms with Crippen LogP contribution in [0.5, 0.6) is 6.01 Å². The van der Waals surface area contributed by atoms with Crippen molar-refractivity contribution in [3.05, 3.63) is 17.4 Å². The number of hydrogen-bond donors (Lipinski definition) is 1. The van der Waals surface area contributed by atoms with Crippen LogP contribution in [0, 0.1) is 0 Å². The molecule has 0 radical (unpaired) electrons. The molecule has 0 unspecified atom stereocenters. The molecule has 1 aliphatic rings. The number of ether oxygens (including phenoxy) is 1. The molecule has 0 aliphatic heterocycles. The zero-order valence-electron chi connectivity index (χ0n) is 10.5. The monoisotopic (exact) mass is 305 g/mol. The fraction of sp³-hybridized carbons (Fsp3) is 0.636. The van der Waals surface area contributed by atoms with Gasteiger partial charge in [-0.05, 0) is 25.7 Å². The molecule has 0 saturated heterocycles. The molecular weight excluding hydrogens is 290 g/mol. The topological polar surface area (TPSA) is 81.2 Å². The van der Waals surface area contributed by atoms with Gasteiger partial charge in [0.05, 0.1) is 23.7 Å². The fourth-order valence-electron chi connectivity index (χ4n) is 2.11. The van der Waals surface area contributed by atoms with Crippen LogP contribution in [-0.2, 0) is 10.0 Å². The lowest BCUT2D eigenvalue weighted by atomic mass is 9.94. The molecule has 1 saturated carbocycles. The summed E-state index contributed by atoms with van der Waals surface area (Å²) in [6.45, 7) is 0. The van der Waals surface area contributed by atoms with Gasteiger partial charge in [-0.1, -0.05) is 11.6 Å². The Morgan fingerprint density at radius 3 is 2.37 bits per heavy atom. The Morgan fingerprint density at radius 2 is 1.84 bits per heavy atom. The zero-order chi connectivity index (χ0) is 13.9. The van der Waals surface area contributed by atoms with Crippen molar-refractivity contribution in [3.63, 3.8) is 0 Å². The minimum Gasteiger partial charge on any atom is -0.460 e. The highest BCUT2D eigenvalue weighted by molar-refractivity contribution is 7.88. The molecule has 0 atom stereocenters. The lowest BCUT2D eigenvalue weighted by Gasteiger charge is -2.28. The SMILES string of the molecule is CS(=O)(=O)NC1CCC(Oc2ncc(Cl)cn2)CC1. The highest BCUT2D eigenvalue weighted by atomic mass is 35.5. The van der Waals surface area contributed by atoms with Crippen molar-refractivity contribution in [1.82, 2.24) is 14.7 Å². The number of rotatable bonds is 4. The van der Waals surface area contributed by atoms with Gasteiger partial charge >= 0.3 is 6.01 Å². The maximum atomic E-state index is 11.1. The van der Waals surface area contributed by atoms with Crippen LogP contribution in [0.1, 0.15) is 25.7 Å². The van der Waals surface area contributed by atoms with Crippen molar-refractivity contribution < 1.29 is 13.2 Å². The van der Waals surface area contributed by atoms with E-state index in [9.17, 15) is 8.42 Å². The van der Waals surface area contributed by atoms with E-state index in [4.69, 9.17) is 16.3 Å². The maximum absolute atomic E-state index is 11.1. The molecular formula is C11H16ClN3O3S. The highest BCUT2D eigenvalue weighted by Gasteiger charge is 2.24. The van der Waals surface area contributed by atoms with Gasteiger partial charge in [0, 0.05) is 6.04 Å². The first-order chi connectivity index (χ1) is 8.92. The van der Waals surface area contributed by atoms with E-state index in [1.54, 1.807) is 0 Å². The van der Waals surface area contributed by atoms with Gasteiger partial charge in [-0.25, -0.2) is 23.1 Å². The molecule has 1 heterocycles. The van der Waals surface area contributed by atoms with Crippen molar-refractivity contribution in [2.45, 2.75) is 37.8 Å². The number of nitrogens with one attached hydrogen (secondary N) is 1. The molecule has 0 bridgehead atoms. The minimum absolute atomic E-state index is 0.000913. The Bertz CT molecular complexity index is 512. The fourth-order valence-corrected chi connectivity index (χ4v) is 3.05. The van der Waals surface area contributed by atoms with Gasteiger partial charge in [-0.15, -0.1) is 0 Å². The molecule has 19 heavy (non-hydrogen) atoms. The normalized spacial score (nSPS) is 24.1. The highest BCUT2D eigenvalue weighted by Crippen LogP contribution is 2.22. The molecule has 0 amide bonds. The first-order valence-corrected chi connectivity index (χ1v) is 8.31. The Kier molecular flexibility index (Phi) is 4.59. The molecule has 0 aromatic carbocycles. The van der Waals surface area contributed by atoms with Gasteiger partial charge in [0.2, 0.25) is 10.0 Å². The van der Waals surface area contributed by atoms with Crippen LogP contribution in [0.15, 0.2) is 12.4 Å². The van der Waals surface area contributed by atoms with Crippen molar-refractivity contribution in [2.75, 3.05) is 6.26 Å². The number of hydrogen-bond acceptors (Lipinski definition) is 5. The van der Waals surface area contributed by atoms with Gasteiger partial charge in [0.1, 0.15) is 6.10 Å². The van der Waals surface area contributed by atoms with Crippen molar-refractivity contribution >= 4 is 21.6 Å². The van der Waals surface area contributed by atoms with Crippen LogP contribution in [0.2, 0.25) is 5.02 Å². The predicted octanol–water partition coefficient (Wildman–Crippen LogP) is 1.37. The average molecular weight is 306 g/mol. The summed E-state index contributed by atoms with van der Waals surface area (Å²) in [7, 11) is -3.14. The predicted molar refractivity (Wildman–Crippen MR) is 71.7 cm³/mol. The molecule has 6 nitrogen and oxygen atoms in total. The summed E-state index contributed by atoms with van der Waals surface area (Å²) >= 11 is 5.69. The summed E-state index contributed by atoms with van der Waals surface area (Å²) in [5.41, 5.74) is 0. The minimum atomic E-state index is -3.14. The van der Waals surface area contributed by atoms with Crippen LogP contribution in [-0.4, -0.2) is 36.8 Å². The van der Waals surface area contributed by atoms with E-state index in [0.29, 0.717) is 11.0 Å². The second-order valence-corrected chi connectivity index (χ2v) is 6.88. The summed E-state index contributed by atoms with van der Waals surface area (Å²) in [6.07, 6.45) is 7.24. The van der Waals surface area contributed by atoms with E-state index < -0.39 is 10.0 Å². The van der Waals surface area contributed by atoms with Gasteiger partial charge in [0.15, 0.2) is 0 Å². The van der Waals surface area contributed by atoms with Gasteiger partial charge in [-0.3, -0.25) is 0 Å². The van der Waals surface area contributed by atoms with Gasteiger partial charge < -0.3 is 4.74 Å². The van der Waals surface area contributed by atoms with Crippen LogP contribution in [0.3, 0.4) is 0 Å². The Morgan fingerprint density at radius 1 is 1.26 bits per heavy atom. The molecule has 106 valence electrons. The number of halogens is 1. The third-order valence-electron chi connectivity index (χ3n) is 2.92. The summed E-state index contributed by atoms with van der Waals surface area (Å²) in [5.74, 6) is 0. The van der Waals surface area contributed by atoms with Crippen LogP contribution in [0.25, 0.3) is 0 Å². The molecule has 1 aromatic rings. The average Bonchev–Trinajstić information content (AvgIpc) is 2.33. The second kappa shape index (κ2) is 6.02. The van der Waals surface area contributed by atoms with E-state index in [1.165, 1.54) is 18.6 Å². The third-order valence-corrected chi connectivity index (χ3v) is 3.88.